The predicted octanol–water partition coefficient (Wildman–Crippen LogP) is 1.22. The lowest BCUT2D eigenvalue weighted by molar-refractivity contribution is -0.132. The molecule has 0 aliphatic carbocycles. The minimum absolute atomic E-state index is 0.0508. The molecule has 0 heterocycles. The Labute approximate surface area is 126 Å². The average molecular weight is 295 g/mol. The number of carbonyl (C=O) groups is 1. The number of aliphatic hydroxyl groups is 2. The zero-order valence-corrected chi connectivity index (χ0v) is 13.0. The summed E-state index contributed by atoms with van der Waals surface area (Å²) in [5.74, 6) is 0.604. The summed E-state index contributed by atoms with van der Waals surface area (Å²) in [6.07, 6.45) is -0.112. The molecule has 0 aliphatic rings. The van der Waals surface area contributed by atoms with E-state index in [9.17, 15) is 9.90 Å². The van der Waals surface area contributed by atoms with Gasteiger partial charge in [0.05, 0.1) is 6.54 Å². The van der Waals surface area contributed by atoms with Gasteiger partial charge in [-0.2, -0.15) is 0 Å². The number of rotatable bonds is 8. The minimum Gasteiger partial charge on any atom is -0.491 e. The van der Waals surface area contributed by atoms with Gasteiger partial charge in [0, 0.05) is 19.6 Å². The van der Waals surface area contributed by atoms with Crippen LogP contribution in [-0.4, -0.2) is 52.9 Å². The van der Waals surface area contributed by atoms with Crippen LogP contribution in [0, 0.1) is 0 Å². The van der Waals surface area contributed by atoms with Crippen LogP contribution in [0.5, 0.6) is 5.75 Å². The highest BCUT2D eigenvalue weighted by Gasteiger charge is 2.17. The molecule has 5 nitrogen and oxygen atoms in total. The molecule has 1 aromatic rings. The molecule has 0 saturated carbocycles. The maximum absolute atomic E-state index is 11.4. The Morgan fingerprint density at radius 1 is 1.29 bits per heavy atom. The van der Waals surface area contributed by atoms with E-state index in [1.165, 1.54) is 6.92 Å². The molecule has 0 aromatic heterocycles. The standard InChI is InChI=1S/C16H25NO4/c1-12(2)17(13(3)19)10-15(20)11-21-16-6-4-14(5-7-16)8-9-18/h4-7,12,15,18,20H,8-11H2,1-3H3/t15-/m1/s1. The largest absolute Gasteiger partial charge is 0.491 e. The van der Waals surface area contributed by atoms with E-state index in [-0.39, 0.29) is 31.7 Å². The van der Waals surface area contributed by atoms with E-state index >= 15 is 0 Å². The quantitative estimate of drug-likeness (QED) is 0.756. The second-order valence-corrected chi connectivity index (χ2v) is 5.35. The molecule has 0 radical (unpaired) electrons. The van der Waals surface area contributed by atoms with E-state index < -0.39 is 6.10 Å². The predicted molar refractivity (Wildman–Crippen MR) is 81.3 cm³/mol. The molecule has 0 aliphatic heterocycles. The highest BCUT2D eigenvalue weighted by Crippen LogP contribution is 2.13. The van der Waals surface area contributed by atoms with Crippen LogP contribution in [0.2, 0.25) is 0 Å². The molecule has 118 valence electrons. The van der Waals surface area contributed by atoms with E-state index in [2.05, 4.69) is 0 Å². The minimum atomic E-state index is -0.728. The molecule has 0 unspecified atom stereocenters. The number of aliphatic hydroxyl groups excluding tert-OH is 2. The van der Waals surface area contributed by atoms with Gasteiger partial charge in [-0.1, -0.05) is 12.1 Å². The first-order valence-corrected chi connectivity index (χ1v) is 7.22. The van der Waals surface area contributed by atoms with E-state index in [1.54, 1.807) is 4.90 Å². The Morgan fingerprint density at radius 3 is 2.38 bits per heavy atom. The van der Waals surface area contributed by atoms with Gasteiger partial charge in [-0.3, -0.25) is 4.79 Å². The third kappa shape index (κ3) is 6.14. The summed E-state index contributed by atoms with van der Waals surface area (Å²) >= 11 is 0. The van der Waals surface area contributed by atoms with Gasteiger partial charge < -0.3 is 19.8 Å². The molecule has 21 heavy (non-hydrogen) atoms. The zero-order valence-electron chi connectivity index (χ0n) is 13.0. The number of nitrogens with zero attached hydrogens (tertiary/aromatic N) is 1. The number of carbonyl (C=O) groups excluding carboxylic acids is 1. The highest BCUT2D eigenvalue weighted by molar-refractivity contribution is 5.73. The monoisotopic (exact) mass is 295 g/mol. The van der Waals surface area contributed by atoms with Gasteiger partial charge in [0.1, 0.15) is 18.5 Å². The summed E-state index contributed by atoms with van der Waals surface area (Å²) in [7, 11) is 0. The molecule has 2 N–H and O–H groups in total. The summed E-state index contributed by atoms with van der Waals surface area (Å²) in [5.41, 5.74) is 1.04. The fourth-order valence-electron chi connectivity index (χ4n) is 2.06. The Balaban J connectivity index is 2.44. The van der Waals surface area contributed by atoms with E-state index in [4.69, 9.17) is 9.84 Å². The fraction of sp³-hybridized carbons (Fsp3) is 0.562. The maximum Gasteiger partial charge on any atom is 0.219 e. The van der Waals surface area contributed by atoms with Crippen molar-refractivity contribution in [3.05, 3.63) is 29.8 Å². The molecule has 0 bridgehead atoms. The lowest BCUT2D eigenvalue weighted by atomic mass is 10.1. The lowest BCUT2D eigenvalue weighted by Crippen LogP contribution is -2.42. The number of hydrogen-bond donors (Lipinski definition) is 2. The van der Waals surface area contributed by atoms with Gasteiger partial charge in [0.15, 0.2) is 0 Å². The van der Waals surface area contributed by atoms with Crippen molar-refractivity contribution in [2.45, 2.75) is 39.3 Å². The number of benzene rings is 1. The summed E-state index contributed by atoms with van der Waals surface area (Å²) < 4.78 is 5.51. The van der Waals surface area contributed by atoms with E-state index in [0.29, 0.717) is 12.2 Å². The van der Waals surface area contributed by atoms with Gasteiger partial charge >= 0.3 is 0 Å². The topological polar surface area (TPSA) is 70.0 Å². The molecule has 1 atom stereocenters. The van der Waals surface area contributed by atoms with Crippen molar-refractivity contribution in [1.29, 1.82) is 0 Å². The first kappa shape index (κ1) is 17.5. The van der Waals surface area contributed by atoms with Crippen LogP contribution in [0.15, 0.2) is 24.3 Å². The van der Waals surface area contributed by atoms with Crippen LogP contribution in [0.3, 0.4) is 0 Å². The van der Waals surface area contributed by atoms with Crippen LogP contribution in [0.4, 0.5) is 0 Å². The Bertz CT molecular complexity index is 430. The van der Waals surface area contributed by atoms with Crippen molar-refractivity contribution in [2.24, 2.45) is 0 Å². The SMILES string of the molecule is CC(=O)N(C[C@@H](O)COc1ccc(CCO)cc1)C(C)C. The van der Waals surface area contributed by atoms with E-state index in [0.717, 1.165) is 5.56 Å². The zero-order chi connectivity index (χ0) is 15.8. The third-order valence-electron chi connectivity index (χ3n) is 3.20. The molecular formula is C16H25NO4. The highest BCUT2D eigenvalue weighted by atomic mass is 16.5. The molecule has 1 rings (SSSR count). The molecule has 0 spiro atoms. The third-order valence-corrected chi connectivity index (χ3v) is 3.20. The molecule has 0 fully saturated rings. The molecule has 5 heteroatoms. The number of amides is 1. The van der Waals surface area contributed by atoms with Crippen LogP contribution in [0.25, 0.3) is 0 Å². The van der Waals surface area contributed by atoms with Crippen LogP contribution in [0.1, 0.15) is 26.3 Å². The summed E-state index contributed by atoms with van der Waals surface area (Å²) in [5, 5.41) is 18.8. The maximum atomic E-state index is 11.4. The molecule has 1 amide bonds. The second kappa shape index (κ2) is 8.64. The fourth-order valence-corrected chi connectivity index (χ4v) is 2.06. The van der Waals surface area contributed by atoms with Gasteiger partial charge in [-0.25, -0.2) is 0 Å². The van der Waals surface area contributed by atoms with Crippen molar-refractivity contribution in [1.82, 2.24) is 4.90 Å². The summed E-state index contributed by atoms with van der Waals surface area (Å²) in [6, 6.07) is 7.43. The van der Waals surface area contributed by atoms with Crippen molar-refractivity contribution in [2.75, 3.05) is 19.8 Å². The molecular weight excluding hydrogens is 270 g/mol. The van der Waals surface area contributed by atoms with Gasteiger partial charge in [-0.05, 0) is 38.0 Å². The van der Waals surface area contributed by atoms with Crippen LogP contribution >= 0.6 is 0 Å². The Morgan fingerprint density at radius 2 is 1.90 bits per heavy atom. The van der Waals surface area contributed by atoms with Gasteiger partial charge in [0.2, 0.25) is 5.91 Å². The lowest BCUT2D eigenvalue weighted by Gasteiger charge is -2.27. The number of ether oxygens (including phenoxy) is 1. The first-order chi connectivity index (χ1) is 9.93. The smallest absolute Gasteiger partial charge is 0.219 e. The summed E-state index contributed by atoms with van der Waals surface area (Å²) in [4.78, 5) is 13.1. The average Bonchev–Trinajstić information content (AvgIpc) is 2.43. The number of hydrogen-bond acceptors (Lipinski definition) is 4. The van der Waals surface area contributed by atoms with E-state index in [1.807, 2.05) is 38.1 Å². The summed E-state index contributed by atoms with van der Waals surface area (Å²) in [6.45, 7) is 5.83. The van der Waals surface area contributed by atoms with Gasteiger partial charge in [-0.15, -0.1) is 0 Å². The second-order valence-electron chi connectivity index (χ2n) is 5.35. The van der Waals surface area contributed by atoms with Crippen molar-refractivity contribution < 1.29 is 19.7 Å². The van der Waals surface area contributed by atoms with Crippen molar-refractivity contribution in [3.63, 3.8) is 0 Å². The normalized spacial score (nSPS) is 12.3. The van der Waals surface area contributed by atoms with Crippen LogP contribution < -0.4 is 4.74 Å². The van der Waals surface area contributed by atoms with Gasteiger partial charge in [0.25, 0.3) is 0 Å². The molecule has 0 saturated heterocycles. The first-order valence-electron chi connectivity index (χ1n) is 7.22. The molecule has 1 aromatic carbocycles. The van der Waals surface area contributed by atoms with Crippen LogP contribution in [-0.2, 0) is 11.2 Å². The van der Waals surface area contributed by atoms with Crippen molar-refractivity contribution in [3.8, 4) is 5.75 Å². The Hall–Kier alpha value is -1.59. The van der Waals surface area contributed by atoms with Crippen molar-refractivity contribution >= 4 is 5.91 Å². The Kier molecular flexibility index (Phi) is 7.19.